The van der Waals surface area contributed by atoms with Gasteiger partial charge in [0.1, 0.15) is 0 Å². The van der Waals surface area contributed by atoms with Gasteiger partial charge in [-0.25, -0.2) is 9.78 Å². The van der Waals surface area contributed by atoms with Crippen molar-refractivity contribution < 1.29 is 14.6 Å². The van der Waals surface area contributed by atoms with E-state index in [1.807, 2.05) is 18.2 Å². The average Bonchev–Trinajstić information content (AvgIpc) is 2.47. The molecule has 1 saturated heterocycles. The van der Waals surface area contributed by atoms with Gasteiger partial charge in [0, 0.05) is 23.8 Å². The first kappa shape index (κ1) is 13.4. The van der Waals surface area contributed by atoms with Crippen LogP contribution in [-0.4, -0.2) is 34.5 Å². The van der Waals surface area contributed by atoms with E-state index in [4.69, 9.17) is 9.84 Å². The second-order valence-electron chi connectivity index (χ2n) is 4.76. The van der Waals surface area contributed by atoms with Crippen LogP contribution in [0.5, 0.6) is 0 Å². The highest BCUT2D eigenvalue weighted by Crippen LogP contribution is 2.30. The van der Waals surface area contributed by atoms with E-state index < -0.39 is 5.97 Å². The van der Waals surface area contributed by atoms with E-state index in [-0.39, 0.29) is 0 Å². The number of carboxylic acids is 1. The van der Waals surface area contributed by atoms with Crippen LogP contribution >= 0.6 is 11.8 Å². The molecule has 0 spiro atoms. The lowest BCUT2D eigenvalue weighted by Crippen LogP contribution is -2.17. The Bertz CT molecular complexity index is 638. The van der Waals surface area contributed by atoms with Gasteiger partial charge in [0.05, 0.1) is 16.1 Å². The molecule has 1 fully saturated rings. The number of ether oxygens (including phenoxy) is 1. The zero-order valence-corrected chi connectivity index (χ0v) is 11.7. The zero-order valence-electron chi connectivity index (χ0n) is 10.9. The normalized spacial score (nSPS) is 16.4. The summed E-state index contributed by atoms with van der Waals surface area (Å²) in [5.41, 5.74) is 1.04. The molecule has 20 heavy (non-hydrogen) atoms. The number of carbonyl (C=O) groups is 1. The smallest absolute Gasteiger partial charge is 0.336 e. The van der Waals surface area contributed by atoms with Crippen molar-refractivity contribution >= 4 is 28.6 Å². The summed E-state index contributed by atoms with van der Waals surface area (Å²) in [6.07, 6.45) is 2.08. The standard InChI is InChI=1S/C15H15NO3S/c17-15(18)12-2-1-3-13-11(12)4-5-14(16-13)20-10-6-8-19-9-7-10/h1-5,10H,6-9H2,(H,17,18). The van der Waals surface area contributed by atoms with Crippen LogP contribution in [0, 0.1) is 0 Å². The number of fused-ring (bicyclic) bond motifs is 1. The summed E-state index contributed by atoms with van der Waals surface area (Å²) in [5.74, 6) is -0.915. The summed E-state index contributed by atoms with van der Waals surface area (Å²) >= 11 is 1.76. The maximum absolute atomic E-state index is 11.2. The highest BCUT2D eigenvalue weighted by molar-refractivity contribution is 7.99. The molecule has 0 radical (unpaired) electrons. The van der Waals surface area contributed by atoms with Crippen molar-refractivity contribution in [1.82, 2.24) is 4.98 Å². The fraction of sp³-hybridized carbons (Fsp3) is 0.333. The van der Waals surface area contributed by atoms with Gasteiger partial charge in [0.25, 0.3) is 0 Å². The summed E-state index contributed by atoms with van der Waals surface area (Å²) in [6, 6.07) is 8.97. The first-order valence-corrected chi connectivity index (χ1v) is 7.49. The van der Waals surface area contributed by atoms with Crippen molar-refractivity contribution in [2.24, 2.45) is 0 Å². The van der Waals surface area contributed by atoms with E-state index in [2.05, 4.69) is 4.98 Å². The predicted octanol–water partition coefficient (Wildman–Crippen LogP) is 3.20. The number of aromatic carboxylic acids is 1. The number of rotatable bonds is 3. The van der Waals surface area contributed by atoms with Crippen molar-refractivity contribution in [3.8, 4) is 0 Å². The molecule has 0 saturated carbocycles. The van der Waals surface area contributed by atoms with Crippen molar-refractivity contribution in [2.75, 3.05) is 13.2 Å². The highest BCUT2D eigenvalue weighted by atomic mass is 32.2. The van der Waals surface area contributed by atoms with Gasteiger partial charge in [0.2, 0.25) is 0 Å². The number of aromatic nitrogens is 1. The predicted molar refractivity (Wildman–Crippen MR) is 78.4 cm³/mol. The Labute approximate surface area is 121 Å². The maximum atomic E-state index is 11.2. The monoisotopic (exact) mass is 289 g/mol. The molecule has 3 rings (SSSR count). The van der Waals surface area contributed by atoms with Gasteiger partial charge >= 0.3 is 5.97 Å². The summed E-state index contributed by atoms with van der Waals surface area (Å²) in [4.78, 5) is 15.7. The zero-order chi connectivity index (χ0) is 13.9. The summed E-state index contributed by atoms with van der Waals surface area (Å²) < 4.78 is 5.35. The molecule has 0 unspecified atom stereocenters. The van der Waals surface area contributed by atoms with Crippen molar-refractivity contribution in [1.29, 1.82) is 0 Å². The molecule has 1 aromatic heterocycles. The molecule has 1 aliphatic heterocycles. The number of carboxylic acid groups (broad SMARTS) is 1. The number of thioether (sulfide) groups is 1. The lowest BCUT2D eigenvalue weighted by atomic mass is 10.1. The van der Waals surface area contributed by atoms with Crippen molar-refractivity contribution in [3.05, 3.63) is 35.9 Å². The topological polar surface area (TPSA) is 59.4 Å². The minimum Gasteiger partial charge on any atom is -0.478 e. The van der Waals surface area contributed by atoms with Gasteiger partial charge in [0.15, 0.2) is 0 Å². The molecular formula is C15H15NO3S. The van der Waals surface area contributed by atoms with Crippen LogP contribution in [0.2, 0.25) is 0 Å². The highest BCUT2D eigenvalue weighted by Gasteiger charge is 2.16. The third kappa shape index (κ3) is 2.78. The number of benzene rings is 1. The van der Waals surface area contributed by atoms with Crippen LogP contribution in [-0.2, 0) is 4.74 Å². The lowest BCUT2D eigenvalue weighted by molar-refractivity contribution is 0.0699. The quantitative estimate of drug-likeness (QED) is 0.940. The van der Waals surface area contributed by atoms with Gasteiger partial charge in [-0.1, -0.05) is 6.07 Å². The van der Waals surface area contributed by atoms with Crippen LogP contribution in [0.25, 0.3) is 10.9 Å². The van der Waals surface area contributed by atoms with Gasteiger partial charge < -0.3 is 9.84 Å². The Hall–Kier alpha value is -1.59. The molecule has 2 aromatic rings. The van der Waals surface area contributed by atoms with Gasteiger partial charge in [-0.05, 0) is 37.1 Å². The molecular weight excluding hydrogens is 274 g/mol. The molecule has 4 nitrogen and oxygen atoms in total. The summed E-state index contributed by atoms with van der Waals surface area (Å²) in [7, 11) is 0. The van der Waals surface area contributed by atoms with E-state index in [9.17, 15) is 4.79 Å². The van der Waals surface area contributed by atoms with Gasteiger partial charge in [-0.15, -0.1) is 11.8 Å². The van der Waals surface area contributed by atoms with Crippen molar-refractivity contribution in [3.63, 3.8) is 0 Å². The maximum Gasteiger partial charge on any atom is 0.336 e. The van der Waals surface area contributed by atoms with E-state index in [1.165, 1.54) is 0 Å². The molecule has 5 heteroatoms. The minimum absolute atomic E-state index is 0.303. The Morgan fingerprint density at radius 2 is 2.05 bits per heavy atom. The summed E-state index contributed by atoms with van der Waals surface area (Å²) in [5, 5.41) is 11.3. The van der Waals surface area contributed by atoms with Crippen LogP contribution < -0.4 is 0 Å². The molecule has 104 valence electrons. The molecule has 0 amide bonds. The van der Waals surface area contributed by atoms with E-state index >= 15 is 0 Å². The number of hydrogen-bond donors (Lipinski definition) is 1. The first-order chi connectivity index (χ1) is 9.74. The van der Waals surface area contributed by atoms with Crippen LogP contribution in [0.1, 0.15) is 23.2 Å². The Kier molecular flexibility index (Phi) is 3.89. The minimum atomic E-state index is -0.915. The fourth-order valence-electron chi connectivity index (χ4n) is 2.35. The second-order valence-corrected chi connectivity index (χ2v) is 6.08. The van der Waals surface area contributed by atoms with Crippen molar-refractivity contribution in [2.45, 2.75) is 23.1 Å². The van der Waals surface area contributed by atoms with Gasteiger partial charge in [-0.2, -0.15) is 0 Å². The van der Waals surface area contributed by atoms with E-state index in [0.29, 0.717) is 16.2 Å². The molecule has 1 aliphatic rings. The van der Waals surface area contributed by atoms with E-state index in [0.717, 1.165) is 36.6 Å². The number of pyridine rings is 1. The third-order valence-electron chi connectivity index (χ3n) is 3.39. The van der Waals surface area contributed by atoms with E-state index in [1.54, 1.807) is 23.9 Å². The largest absolute Gasteiger partial charge is 0.478 e. The molecule has 0 bridgehead atoms. The Balaban J connectivity index is 1.89. The number of hydrogen-bond acceptors (Lipinski definition) is 4. The van der Waals surface area contributed by atoms with Crippen LogP contribution in [0.3, 0.4) is 0 Å². The first-order valence-electron chi connectivity index (χ1n) is 6.61. The third-order valence-corrected chi connectivity index (χ3v) is 4.67. The SMILES string of the molecule is O=C(O)c1cccc2nc(SC3CCOCC3)ccc12. The lowest BCUT2D eigenvalue weighted by Gasteiger charge is -2.21. The molecule has 1 N–H and O–H groups in total. The molecule has 1 aromatic carbocycles. The fourth-order valence-corrected chi connectivity index (χ4v) is 3.42. The van der Waals surface area contributed by atoms with Gasteiger partial charge in [-0.3, -0.25) is 0 Å². The second kappa shape index (κ2) is 5.81. The average molecular weight is 289 g/mol. The number of nitrogens with zero attached hydrogens (tertiary/aromatic N) is 1. The molecule has 0 atom stereocenters. The molecule has 2 heterocycles. The Morgan fingerprint density at radius 3 is 2.80 bits per heavy atom. The molecule has 0 aliphatic carbocycles. The Morgan fingerprint density at radius 1 is 1.25 bits per heavy atom. The summed E-state index contributed by atoms with van der Waals surface area (Å²) in [6.45, 7) is 1.63. The van der Waals surface area contributed by atoms with Crippen LogP contribution in [0.4, 0.5) is 0 Å². The van der Waals surface area contributed by atoms with Crippen LogP contribution in [0.15, 0.2) is 35.4 Å².